The van der Waals surface area contributed by atoms with Crippen LogP contribution in [-0.4, -0.2) is 6.09 Å². The summed E-state index contributed by atoms with van der Waals surface area (Å²) in [5, 5.41) is 2.52. The van der Waals surface area contributed by atoms with Gasteiger partial charge in [-0.1, -0.05) is 36.4 Å². The highest BCUT2D eigenvalue weighted by Gasteiger charge is 2.08. The van der Waals surface area contributed by atoms with Crippen LogP contribution in [0.2, 0.25) is 0 Å². The first-order chi connectivity index (χ1) is 9.16. The van der Waals surface area contributed by atoms with E-state index in [1.165, 1.54) is 12.1 Å². The first kappa shape index (κ1) is 13.1. The SMILES string of the molecule is Cc1c(F)cccc1NC(=O)OCc1ccccc1. The van der Waals surface area contributed by atoms with Crippen LogP contribution in [-0.2, 0) is 11.3 Å². The Hall–Kier alpha value is -2.36. The average Bonchev–Trinajstić information content (AvgIpc) is 2.43. The number of rotatable bonds is 3. The van der Waals surface area contributed by atoms with Crippen LogP contribution in [0.25, 0.3) is 0 Å². The monoisotopic (exact) mass is 259 g/mol. The summed E-state index contributed by atoms with van der Waals surface area (Å²) < 4.78 is 18.3. The summed E-state index contributed by atoms with van der Waals surface area (Å²) in [5.41, 5.74) is 1.70. The van der Waals surface area contributed by atoms with Gasteiger partial charge in [-0.15, -0.1) is 0 Å². The first-order valence-electron chi connectivity index (χ1n) is 5.89. The minimum absolute atomic E-state index is 0.182. The molecule has 4 heteroatoms. The molecule has 3 nitrogen and oxygen atoms in total. The lowest BCUT2D eigenvalue weighted by Crippen LogP contribution is -2.14. The van der Waals surface area contributed by atoms with Crippen molar-refractivity contribution in [2.45, 2.75) is 13.5 Å². The van der Waals surface area contributed by atoms with Crippen molar-refractivity contribution in [3.8, 4) is 0 Å². The van der Waals surface area contributed by atoms with E-state index in [0.29, 0.717) is 11.3 Å². The van der Waals surface area contributed by atoms with Gasteiger partial charge >= 0.3 is 6.09 Å². The molecule has 0 unspecified atom stereocenters. The molecule has 0 heterocycles. The van der Waals surface area contributed by atoms with Crippen LogP contribution in [0.5, 0.6) is 0 Å². The average molecular weight is 259 g/mol. The van der Waals surface area contributed by atoms with Crippen molar-refractivity contribution in [1.82, 2.24) is 0 Å². The van der Waals surface area contributed by atoms with E-state index in [2.05, 4.69) is 5.32 Å². The van der Waals surface area contributed by atoms with Crippen molar-refractivity contribution in [3.05, 3.63) is 65.5 Å². The number of ether oxygens (including phenoxy) is 1. The number of carbonyl (C=O) groups excluding carboxylic acids is 1. The number of nitrogens with one attached hydrogen (secondary N) is 1. The fourth-order valence-corrected chi connectivity index (χ4v) is 1.61. The van der Waals surface area contributed by atoms with Gasteiger partial charge in [-0.2, -0.15) is 0 Å². The molecule has 0 aliphatic heterocycles. The van der Waals surface area contributed by atoms with Crippen LogP contribution in [0.1, 0.15) is 11.1 Å². The zero-order chi connectivity index (χ0) is 13.7. The predicted molar refractivity (Wildman–Crippen MR) is 71.4 cm³/mol. The highest BCUT2D eigenvalue weighted by atomic mass is 19.1. The molecule has 2 rings (SSSR count). The van der Waals surface area contributed by atoms with Crippen LogP contribution in [0, 0.1) is 12.7 Å². The van der Waals surface area contributed by atoms with E-state index in [4.69, 9.17) is 4.74 Å². The summed E-state index contributed by atoms with van der Waals surface area (Å²) >= 11 is 0. The van der Waals surface area contributed by atoms with Crippen molar-refractivity contribution in [2.24, 2.45) is 0 Å². The molecular formula is C15H14FNO2. The lowest BCUT2D eigenvalue weighted by Gasteiger charge is -2.09. The Morgan fingerprint density at radius 2 is 1.89 bits per heavy atom. The zero-order valence-corrected chi connectivity index (χ0v) is 10.5. The first-order valence-corrected chi connectivity index (χ1v) is 5.89. The molecule has 0 saturated carbocycles. The Morgan fingerprint density at radius 3 is 2.63 bits per heavy atom. The van der Waals surface area contributed by atoms with Gasteiger partial charge in [-0.3, -0.25) is 5.32 Å². The number of carbonyl (C=O) groups is 1. The molecule has 0 atom stereocenters. The summed E-state index contributed by atoms with van der Waals surface area (Å²) in [4.78, 5) is 11.6. The number of benzene rings is 2. The van der Waals surface area contributed by atoms with Gasteiger partial charge in [0.25, 0.3) is 0 Å². The van der Waals surface area contributed by atoms with Gasteiger partial charge in [0, 0.05) is 11.3 Å². The molecule has 0 aromatic heterocycles. The minimum Gasteiger partial charge on any atom is -0.444 e. The maximum atomic E-state index is 13.3. The Kier molecular flexibility index (Phi) is 4.13. The standard InChI is InChI=1S/C15H14FNO2/c1-11-13(16)8-5-9-14(11)17-15(18)19-10-12-6-3-2-4-7-12/h2-9H,10H2,1H3,(H,17,18). The van der Waals surface area contributed by atoms with Gasteiger partial charge in [-0.25, -0.2) is 9.18 Å². The van der Waals surface area contributed by atoms with Gasteiger partial charge in [-0.05, 0) is 24.6 Å². The Morgan fingerprint density at radius 1 is 1.16 bits per heavy atom. The van der Waals surface area contributed by atoms with Crippen molar-refractivity contribution in [1.29, 1.82) is 0 Å². The van der Waals surface area contributed by atoms with Gasteiger partial charge in [0.05, 0.1) is 0 Å². The van der Waals surface area contributed by atoms with Crippen molar-refractivity contribution in [2.75, 3.05) is 5.32 Å². The predicted octanol–water partition coefficient (Wildman–Crippen LogP) is 3.88. The highest BCUT2D eigenvalue weighted by molar-refractivity contribution is 5.85. The minimum atomic E-state index is -0.599. The third kappa shape index (κ3) is 3.55. The van der Waals surface area contributed by atoms with Crippen molar-refractivity contribution in [3.63, 3.8) is 0 Å². The molecule has 0 fully saturated rings. The number of anilines is 1. The molecular weight excluding hydrogens is 245 g/mol. The maximum Gasteiger partial charge on any atom is 0.411 e. The van der Waals surface area contributed by atoms with E-state index in [1.54, 1.807) is 13.0 Å². The van der Waals surface area contributed by atoms with Crippen LogP contribution < -0.4 is 5.32 Å². The van der Waals surface area contributed by atoms with Crippen LogP contribution in [0.3, 0.4) is 0 Å². The summed E-state index contributed by atoms with van der Waals surface area (Å²) in [7, 11) is 0. The molecule has 0 bridgehead atoms. The highest BCUT2D eigenvalue weighted by Crippen LogP contribution is 2.17. The summed E-state index contributed by atoms with van der Waals surface area (Å²) in [6.07, 6.45) is -0.599. The van der Waals surface area contributed by atoms with E-state index in [1.807, 2.05) is 30.3 Å². The second-order valence-corrected chi connectivity index (χ2v) is 4.10. The Bertz CT molecular complexity index is 570. The second kappa shape index (κ2) is 6.00. The summed E-state index contributed by atoms with van der Waals surface area (Å²) in [6, 6.07) is 13.9. The molecule has 0 aliphatic carbocycles. The van der Waals surface area contributed by atoms with E-state index < -0.39 is 6.09 Å². The molecule has 1 N–H and O–H groups in total. The molecule has 98 valence electrons. The summed E-state index contributed by atoms with van der Waals surface area (Å²) in [6.45, 7) is 1.78. The van der Waals surface area contributed by atoms with Crippen LogP contribution >= 0.6 is 0 Å². The van der Waals surface area contributed by atoms with E-state index in [-0.39, 0.29) is 12.4 Å². The number of hydrogen-bond donors (Lipinski definition) is 1. The largest absolute Gasteiger partial charge is 0.444 e. The normalized spacial score (nSPS) is 10.0. The van der Waals surface area contributed by atoms with E-state index in [0.717, 1.165) is 5.56 Å². The molecule has 0 spiro atoms. The Balaban J connectivity index is 1.93. The van der Waals surface area contributed by atoms with Gasteiger partial charge in [0.2, 0.25) is 0 Å². The van der Waals surface area contributed by atoms with Crippen molar-refractivity contribution < 1.29 is 13.9 Å². The molecule has 19 heavy (non-hydrogen) atoms. The number of halogens is 1. The molecule has 2 aromatic carbocycles. The third-order valence-electron chi connectivity index (χ3n) is 2.72. The van der Waals surface area contributed by atoms with Gasteiger partial charge < -0.3 is 4.74 Å². The lowest BCUT2D eigenvalue weighted by atomic mass is 10.2. The molecule has 0 saturated heterocycles. The molecule has 0 radical (unpaired) electrons. The van der Waals surface area contributed by atoms with Gasteiger partial charge in [0.15, 0.2) is 0 Å². The maximum absolute atomic E-state index is 13.3. The molecule has 1 amide bonds. The fourth-order valence-electron chi connectivity index (χ4n) is 1.61. The zero-order valence-electron chi connectivity index (χ0n) is 10.5. The lowest BCUT2D eigenvalue weighted by molar-refractivity contribution is 0.155. The topological polar surface area (TPSA) is 38.3 Å². The molecule has 0 aliphatic rings. The Labute approximate surface area is 111 Å². The van der Waals surface area contributed by atoms with Crippen LogP contribution in [0.4, 0.5) is 14.9 Å². The number of amides is 1. The van der Waals surface area contributed by atoms with Crippen molar-refractivity contribution >= 4 is 11.8 Å². The smallest absolute Gasteiger partial charge is 0.411 e. The van der Waals surface area contributed by atoms with Crippen LogP contribution in [0.15, 0.2) is 48.5 Å². The van der Waals surface area contributed by atoms with E-state index >= 15 is 0 Å². The number of hydrogen-bond acceptors (Lipinski definition) is 2. The quantitative estimate of drug-likeness (QED) is 0.908. The van der Waals surface area contributed by atoms with Gasteiger partial charge in [0.1, 0.15) is 12.4 Å². The molecule has 2 aromatic rings. The second-order valence-electron chi connectivity index (χ2n) is 4.10. The fraction of sp³-hybridized carbons (Fsp3) is 0.133. The summed E-state index contributed by atoms with van der Waals surface area (Å²) in [5.74, 6) is -0.360. The third-order valence-corrected chi connectivity index (χ3v) is 2.72. The van der Waals surface area contributed by atoms with E-state index in [9.17, 15) is 9.18 Å².